The number of aromatic nitrogens is 1. The lowest BCUT2D eigenvalue weighted by molar-refractivity contribution is 0.415. The predicted octanol–water partition coefficient (Wildman–Crippen LogP) is 6.29. The third-order valence-electron chi connectivity index (χ3n) is 5.54. The fourth-order valence-corrected chi connectivity index (χ4v) is 4.26. The molecule has 0 saturated heterocycles. The second kappa shape index (κ2) is 6.17. The number of benzene rings is 3. The van der Waals surface area contributed by atoms with Gasteiger partial charge in [-0.05, 0) is 35.4 Å². The molecule has 1 aliphatic heterocycles. The number of rotatable bonds is 3. The molecule has 0 N–H and O–H groups in total. The second-order valence-electron chi connectivity index (χ2n) is 7.04. The molecule has 4 aromatic rings. The second-order valence-corrected chi connectivity index (χ2v) is 7.04. The van der Waals surface area contributed by atoms with Gasteiger partial charge in [0.05, 0.1) is 12.8 Å². The van der Waals surface area contributed by atoms with E-state index in [4.69, 9.17) is 4.74 Å². The quantitative estimate of drug-likeness (QED) is 0.423. The highest BCUT2D eigenvalue weighted by molar-refractivity contribution is 5.81. The zero-order chi connectivity index (χ0) is 18.4. The fourth-order valence-electron chi connectivity index (χ4n) is 4.26. The minimum absolute atomic E-state index is 0.357. The zero-order valence-corrected chi connectivity index (χ0v) is 15.5. The molecule has 3 aromatic carbocycles. The molecule has 0 saturated carbocycles. The monoisotopic (exact) mass is 351 g/mol. The highest BCUT2D eigenvalue weighted by Crippen LogP contribution is 2.47. The number of ether oxygens (including phenoxy) is 1. The number of hydrogen-bond donors (Lipinski definition) is 0. The highest BCUT2D eigenvalue weighted by Gasteiger charge is 2.31. The minimum Gasteiger partial charge on any atom is -0.497 e. The average Bonchev–Trinajstić information content (AvgIpc) is 3.26. The van der Waals surface area contributed by atoms with E-state index in [0.29, 0.717) is 5.92 Å². The van der Waals surface area contributed by atoms with Gasteiger partial charge in [-0.15, -0.1) is 0 Å². The molecule has 2 heterocycles. The van der Waals surface area contributed by atoms with Crippen molar-refractivity contribution in [2.24, 2.45) is 0 Å². The lowest BCUT2D eigenvalue weighted by Gasteiger charge is -2.10. The molecule has 2 nitrogen and oxygen atoms in total. The fraction of sp³-hybridized carbons (Fsp3) is 0.120. The maximum absolute atomic E-state index is 5.47. The number of methoxy groups -OCH3 is 1. The van der Waals surface area contributed by atoms with Crippen LogP contribution in [0.5, 0.6) is 5.75 Å². The summed E-state index contributed by atoms with van der Waals surface area (Å²) in [5, 5.41) is 0. The average molecular weight is 351 g/mol. The van der Waals surface area contributed by atoms with Gasteiger partial charge < -0.3 is 9.30 Å². The highest BCUT2D eigenvalue weighted by atomic mass is 16.5. The summed E-state index contributed by atoms with van der Waals surface area (Å²) in [4.78, 5) is 0. The van der Waals surface area contributed by atoms with E-state index in [1.165, 1.54) is 39.3 Å². The lowest BCUT2D eigenvalue weighted by atomic mass is 9.94. The Morgan fingerprint density at radius 1 is 0.778 bits per heavy atom. The van der Waals surface area contributed by atoms with E-state index in [1.54, 1.807) is 7.11 Å². The maximum atomic E-state index is 5.47. The summed E-state index contributed by atoms with van der Waals surface area (Å²) in [7, 11) is 1.72. The van der Waals surface area contributed by atoms with Gasteiger partial charge in [0.1, 0.15) is 5.75 Å². The Morgan fingerprint density at radius 3 is 2.33 bits per heavy atom. The van der Waals surface area contributed by atoms with Gasteiger partial charge in [0, 0.05) is 28.4 Å². The van der Waals surface area contributed by atoms with Crippen molar-refractivity contribution in [3.05, 3.63) is 96.2 Å². The summed E-state index contributed by atoms with van der Waals surface area (Å²) >= 11 is 0. The molecule has 2 heteroatoms. The third-order valence-corrected chi connectivity index (χ3v) is 5.54. The Labute approximate surface area is 159 Å². The van der Waals surface area contributed by atoms with E-state index < -0.39 is 0 Å². The molecule has 1 atom stereocenters. The Kier molecular flexibility index (Phi) is 3.64. The minimum atomic E-state index is 0.357. The van der Waals surface area contributed by atoms with E-state index >= 15 is 0 Å². The molecule has 27 heavy (non-hydrogen) atoms. The molecule has 5 rings (SSSR count). The van der Waals surface area contributed by atoms with E-state index in [9.17, 15) is 0 Å². The molecule has 0 radical (unpaired) electrons. The molecule has 1 unspecified atom stereocenters. The summed E-state index contributed by atoms with van der Waals surface area (Å²) in [6.07, 6.45) is 0. The first-order valence-electron chi connectivity index (χ1n) is 9.32. The molecule has 0 amide bonds. The molecule has 0 aliphatic carbocycles. The Hall–Kier alpha value is -3.26. The summed E-state index contributed by atoms with van der Waals surface area (Å²) < 4.78 is 7.90. The Bertz CT molecular complexity index is 1120. The first-order chi connectivity index (χ1) is 13.3. The molecule has 0 bridgehead atoms. The van der Waals surface area contributed by atoms with Crippen molar-refractivity contribution >= 4 is 0 Å². The normalized spacial score (nSPS) is 14.7. The van der Waals surface area contributed by atoms with Gasteiger partial charge in [-0.3, -0.25) is 0 Å². The zero-order valence-electron chi connectivity index (χ0n) is 15.5. The van der Waals surface area contributed by atoms with Gasteiger partial charge in [0.15, 0.2) is 0 Å². The summed E-state index contributed by atoms with van der Waals surface area (Å²) in [5.41, 5.74) is 8.96. The largest absolute Gasteiger partial charge is 0.497 e. The summed E-state index contributed by atoms with van der Waals surface area (Å²) in [5.74, 6) is 1.24. The van der Waals surface area contributed by atoms with E-state index in [-0.39, 0.29) is 0 Å². The molecule has 0 spiro atoms. The number of para-hydroxylation sites is 1. The molecular formula is C25H21NO. The van der Waals surface area contributed by atoms with Crippen molar-refractivity contribution in [3.63, 3.8) is 0 Å². The Morgan fingerprint density at radius 2 is 1.52 bits per heavy atom. The molecular weight excluding hydrogens is 330 g/mol. The van der Waals surface area contributed by atoms with Crippen LogP contribution in [0.3, 0.4) is 0 Å². The third kappa shape index (κ3) is 2.41. The van der Waals surface area contributed by atoms with Crippen LogP contribution in [0.2, 0.25) is 0 Å². The van der Waals surface area contributed by atoms with Gasteiger partial charge in [0.2, 0.25) is 0 Å². The predicted molar refractivity (Wildman–Crippen MR) is 111 cm³/mol. The molecule has 1 aromatic heterocycles. The Balaban J connectivity index is 1.82. The van der Waals surface area contributed by atoms with Gasteiger partial charge in [-0.25, -0.2) is 0 Å². The van der Waals surface area contributed by atoms with Crippen LogP contribution in [-0.4, -0.2) is 11.7 Å². The smallest absolute Gasteiger partial charge is 0.119 e. The summed E-state index contributed by atoms with van der Waals surface area (Å²) in [6, 6.07) is 30.1. The topological polar surface area (TPSA) is 14.2 Å². The number of nitrogens with zero attached hydrogens (tertiary/aromatic N) is 1. The van der Waals surface area contributed by atoms with Crippen molar-refractivity contribution in [3.8, 4) is 33.8 Å². The number of hydrogen-bond acceptors (Lipinski definition) is 1. The first-order valence-corrected chi connectivity index (χ1v) is 9.32. The van der Waals surface area contributed by atoms with Crippen LogP contribution < -0.4 is 4.74 Å². The molecule has 0 fully saturated rings. The van der Waals surface area contributed by atoms with Crippen molar-refractivity contribution in [1.29, 1.82) is 0 Å². The van der Waals surface area contributed by atoms with Crippen LogP contribution in [-0.2, 0) is 0 Å². The van der Waals surface area contributed by atoms with Crippen molar-refractivity contribution in [1.82, 2.24) is 4.57 Å². The van der Waals surface area contributed by atoms with Gasteiger partial charge in [-0.1, -0.05) is 67.6 Å². The van der Waals surface area contributed by atoms with E-state index in [1.807, 2.05) is 6.07 Å². The van der Waals surface area contributed by atoms with Crippen LogP contribution in [0.25, 0.3) is 28.1 Å². The van der Waals surface area contributed by atoms with Crippen LogP contribution in [0.1, 0.15) is 24.1 Å². The van der Waals surface area contributed by atoms with E-state index in [2.05, 4.69) is 90.4 Å². The first kappa shape index (κ1) is 16.0. The molecule has 1 aliphatic rings. The van der Waals surface area contributed by atoms with Crippen LogP contribution in [0, 0.1) is 0 Å². The SMILES string of the molecule is COc1cccc(-c2cc(-c3ccccc3)c3n2-c2ccccc2C3C)c1. The lowest BCUT2D eigenvalue weighted by Crippen LogP contribution is -1.96. The standard InChI is InChI=1S/C25H21NO/c1-17-21-13-6-7-14-23(21)26-24(19-11-8-12-20(15-19)27-2)16-22(25(17)26)18-9-4-3-5-10-18/h3-17H,1-2H3. The van der Waals surface area contributed by atoms with E-state index in [0.717, 1.165) is 5.75 Å². The van der Waals surface area contributed by atoms with Crippen LogP contribution >= 0.6 is 0 Å². The van der Waals surface area contributed by atoms with Crippen molar-refractivity contribution in [2.45, 2.75) is 12.8 Å². The van der Waals surface area contributed by atoms with Crippen LogP contribution in [0.4, 0.5) is 0 Å². The van der Waals surface area contributed by atoms with Crippen LogP contribution in [0.15, 0.2) is 84.9 Å². The van der Waals surface area contributed by atoms with Gasteiger partial charge >= 0.3 is 0 Å². The number of fused-ring (bicyclic) bond motifs is 3. The van der Waals surface area contributed by atoms with Gasteiger partial charge in [-0.2, -0.15) is 0 Å². The van der Waals surface area contributed by atoms with Gasteiger partial charge in [0.25, 0.3) is 0 Å². The molecule has 132 valence electrons. The van der Waals surface area contributed by atoms with Crippen molar-refractivity contribution in [2.75, 3.05) is 7.11 Å². The maximum Gasteiger partial charge on any atom is 0.119 e. The van der Waals surface area contributed by atoms with Crippen molar-refractivity contribution < 1.29 is 4.74 Å². The summed E-state index contributed by atoms with van der Waals surface area (Å²) in [6.45, 7) is 2.31.